The van der Waals surface area contributed by atoms with Crippen LogP contribution in [0.25, 0.3) is 11.2 Å². The molecule has 6 rings (SSSR count). The molecule has 3 aromatic heterocycles. The van der Waals surface area contributed by atoms with Crippen LogP contribution in [-0.4, -0.2) is 61.3 Å². The van der Waals surface area contributed by atoms with Crippen LogP contribution in [-0.2, 0) is 24.4 Å². The van der Waals surface area contributed by atoms with Crippen LogP contribution in [0.3, 0.4) is 0 Å². The average Bonchev–Trinajstić information content (AvgIpc) is 3.49. The smallest absolute Gasteiger partial charge is 0.352 e. The summed E-state index contributed by atoms with van der Waals surface area (Å²) in [5.41, 5.74) is 3.11. The van der Waals surface area contributed by atoms with Gasteiger partial charge in [-0.25, -0.2) is 19.2 Å². The highest BCUT2D eigenvalue weighted by atomic mass is 19.1. The number of halogens is 1. The van der Waals surface area contributed by atoms with Gasteiger partial charge in [-0.3, -0.25) is 4.90 Å². The van der Waals surface area contributed by atoms with Crippen molar-refractivity contribution in [1.29, 1.82) is 5.26 Å². The third-order valence-electron chi connectivity index (χ3n) is 7.69. The van der Waals surface area contributed by atoms with Crippen molar-refractivity contribution in [2.24, 2.45) is 0 Å². The van der Waals surface area contributed by atoms with Crippen molar-refractivity contribution < 1.29 is 23.8 Å². The number of H-pyrrole nitrogens is 1. The van der Waals surface area contributed by atoms with Crippen molar-refractivity contribution in [3.05, 3.63) is 76.6 Å². The summed E-state index contributed by atoms with van der Waals surface area (Å²) < 4.78 is 27.7. The average molecular weight is 545 g/mol. The van der Waals surface area contributed by atoms with Gasteiger partial charge in [0.1, 0.15) is 35.1 Å². The molecule has 4 aromatic rings. The molecule has 0 amide bonds. The van der Waals surface area contributed by atoms with Crippen LogP contribution in [0.5, 0.6) is 5.88 Å². The summed E-state index contributed by atoms with van der Waals surface area (Å²) in [7, 11) is 0. The van der Waals surface area contributed by atoms with Crippen LogP contribution < -0.4 is 4.74 Å². The van der Waals surface area contributed by atoms with Gasteiger partial charge < -0.3 is 24.1 Å². The largest absolute Gasteiger partial charge is 0.477 e. The SMILES string of the molecule is N#Cc1ccc(COc2cccc(C3CCN(Cc4nc5cc(C(=O)O)[nH]c5n4C[C@@H]4CCO4)CC3)n2)c(F)c1. The van der Waals surface area contributed by atoms with E-state index in [0.717, 1.165) is 56.1 Å². The molecule has 0 aliphatic carbocycles. The number of rotatable bonds is 9. The van der Waals surface area contributed by atoms with Crippen molar-refractivity contribution in [3.63, 3.8) is 0 Å². The summed E-state index contributed by atoms with van der Waals surface area (Å²) in [6.07, 6.45) is 2.95. The van der Waals surface area contributed by atoms with Crippen LogP contribution in [0, 0.1) is 17.1 Å². The predicted octanol–water partition coefficient (Wildman–Crippen LogP) is 4.22. The van der Waals surface area contributed by atoms with Crippen molar-refractivity contribution in [1.82, 2.24) is 24.4 Å². The number of likely N-dealkylation sites (tertiary alicyclic amines) is 1. The molecule has 40 heavy (non-hydrogen) atoms. The van der Waals surface area contributed by atoms with Crippen LogP contribution in [0.15, 0.2) is 42.5 Å². The van der Waals surface area contributed by atoms with Crippen molar-refractivity contribution in [3.8, 4) is 11.9 Å². The number of fused-ring (bicyclic) bond motifs is 1. The number of piperidine rings is 1. The number of carboxylic acid groups (broad SMARTS) is 1. The fourth-order valence-corrected chi connectivity index (χ4v) is 5.33. The summed E-state index contributed by atoms with van der Waals surface area (Å²) in [4.78, 5) is 26.3. The number of imidazole rings is 1. The maximum absolute atomic E-state index is 14.2. The van der Waals surface area contributed by atoms with E-state index in [1.54, 1.807) is 24.3 Å². The lowest BCUT2D eigenvalue weighted by molar-refractivity contribution is -0.0592. The fraction of sp³-hybridized carbons (Fsp3) is 0.379. The Balaban J connectivity index is 1.08. The Morgan fingerprint density at radius 2 is 2.02 bits per heavy atom. The summed E-state index contributed by atoms with van der Waals surface area (Å²) in [6, 6.07) is 13.5. The van der Waals surface area contributed by atoms with E-state index < -0.39 is 11.8 Å². The lowest BCUT2D eigenvalue weighted by atomic mass is 9.93. The Morgan fingerprint density at radius 1 is 1.20 bits per heavy atom. The molecule has 2 saturated heterocycles. The Bertz CT molecular complexity index is 1580. The monoisotopic (exact) mass is 544 g/mol. The number of hydrogen-bond acceptors (Lipinski definition) is 7. The molecule has 5 heterocycles. The number of pyridine rings is 1. The fourth-order valence-electron chi connectivity index (χ4n) is 5.33. The quantitative estimate of drug-likeness (QED) is 0.321. The Morgan fingerprint density at radius 3 is 2.73 bits per heavy atom. The van der Waals surface area contributed by atoms with Crippen molar-refractivity contribution >= 4 is 17.1 Å². The van der Waals surface area contributed by atoms with Crippen molar-refractivity contribution in [2.45, 2.75) is 51.0 Å². The molecule has 206 valence electrons. The van der Waals surface area contributed by atoms with Gasteiger partial charge in [-0.2, -0.15) is 5.26 Å². The molecular formula is C29H29FN6O4. The highest BCUT2D eigenvalue weighted by Gasteiger charge is 2.27. The van der Waals surface area contributed by atoms with Gasteiger partial charge >= 0.3 is 5.97 Å². The molecule has 2 fully saturated rings. The summed E-state index contributed by atoms with van der Waals surface area (Å²) in [5, 5.41) is 18.3. The molecule has 0 spiro atoms. The minimum absolute atomic E-state index is 0.0347. The van der Waals surface area contributed by atoms with Gasteiger partial charge in [-0.1, -0.05) is 12.1 Å². The lowest BCUT2D eigenvalue weighted by Crippen LogP contribution is -2.35. The zero-order chi connectivity index (χ0) is 27.6. The van der Waals surface area contributed by atoms with Crippen LogP contribution >= 0.6 is 0 Å². The first kappa shape index (κ1) is 26.0. The first-order chi connectivity index (χ1) is 19.5. The van der Waals surface area contributed by atoms with Crippen LogP contribution in [0.2, 0.25) is 0 Å². The number of hydrogen-bond donors (Lipinski definition) is 2. The molecule has 2 aliphatic rings. The van der Waals surface area contributed by atoms with Gasteiger partial charge in [0.25, 0.3) is 0 Å². The number of aromatic carboxylic acids is 1. The van der Waals surface area contributed by atoms with Gasteiger partial charge in [-0.05, 0) is 56.6 Å². The number of nitriles is 1. The molecule has 2 N–H and O–H groups in total. The number of benzene rings is 1. The van der Waals surface area contributed by atoms with Crippen LogP contribution in [0.4, 0.5) is 4.39 Å². The first-order valence-electron chi connectivity index (χ1n) is 13.4. The van der Waals surface area contributed by atoms with E-state index in [-0.39, 0.29) is 29.9 Å². The molecule has 0 saturated carbocycles. The number of ether oxygens (including phenoxy) is 2. The predicted molar refractivity (Wildman–Crippen MR) is 142 cm³/mol. The topological polar surface area (TPSA) is 129 Å². The number of aromatic amines is 1. The highest BCUT2D eigenvalue weighted by Crippen LogP contribution is 2.30. The first-order valence-corrected chi connectivity index (χ1v) is 13.4. The van der Waals surface area contributed by atoms with Crippen LogP contribution in [0.1, 0.15) is 58.3 Å². The molecular weight excluding hydrogens is 515 g/mol. The minimum atomic E-state index is -1.00. The molecule has 1 aromatic carbocycles. The minimum Gasteiger partial charge on any atom is -0.477 e. The van der Waals surface area contributed by atoms with Crippen molar-refractivity contribution in [2.75, 3.05) is 19.7 Å². The molecule has 2 aliphatic heterocycles. The molecule has 10 nitrogen and oxygen atoms in total. The maximum atomic E-state index is 14.2. The molecule has 0 radical (unpaired) electrons. The highest BCUT2D eigenvalue weighted by molar-refractivity contribution is 5.91. The standard InChI is InChI=1S/C29H29FN6O4/c30-22-12-18(14-31)4-5-20(22)17-40-27-3-1-2-23(33-27)19-6-9-35(10-7-19)16-26-32-24-13-25(29(37)38)34-28(24)36(26)15-21-8-11-39-21/h1-5,12-13,19,21,34H,6-11,15-17H2,(H,37,38)/t21-/m0/s1. The maximum Gasteiger partial charge on any atom is 0.352 e. The van der Waals surface area contributed by atoms with E-state index >= 15 is 0 Å². The van der Waals surface area contributed by atoms with E-state index in [1.165, 1.54) is 6.07 Å². The second-order valence-corrected chi connectivity index (χ2v) is 10.3. The van der Waals surface area contributed by atoms with Gasteiger partial charge in [-0.15, -0.1) is 0 Å². The van der Waals surface area contributed by atoms with E-state index in [2.05, 4.69) is 14.5 Å². The van der Waals surface area contributed by atoms with E-state index in [9.17, 15) is 14.3 Å². The van der Waals surface area contributed by atoms with E-state index in [4.69, 9.17) is 24.7 Å². The van der Waals surface area contributed by atoms with Gasteiger partial charge in [0, 0.05) is 29.8 Å². The summed E-state index contributed by atoms with van der Waals surface area (Å²) >= 11 is 0. The Labute approximate surface area is 230 Å². The number of aromatic nitrogens is 4. The van der Waals surface area contributed by atoms with Gasteiger partial charge in [0.05, 0.1) is 30.8 Å². The Hall–Kier alpha value is -4.27. The lowest BCUT2D eigenvalue weighted by Gasteiger charge is -2.32. The third-order valence-corrected chi connectivity index (χ3v) is 7.69. The number of nitrogens with zero attached hydrogens (tertiary/aromatic N) is 5. The molecule has 1 atom stereocenters. The summed E-state index contributed by atoms with van der Waals surface area (Å²) in [6.45, 7) is 3.84. The Kier molecular flexibility index (Phi) is 7.19. The van der Waals surface area contributed by atoms with E-state index in [0.29, 0.717) is 30.0 Å². The molecule has 0 bridgehead atoms. The second-order valence-electron chi connectivity index (χ2n) is 10.3. The second kappa shape index (κ2) is 11.1. The zero-order valence-corrected chi connectivity index (χ0v) is 21.8. The zero-order valence-electron chi connectivity index (χ0n) is 21.8. The van der Waals surface area contributed by atoms with Gasteiger partial charge in [0.2, 0.25) is 5.88 Å². The number of nitrogens with one attached hydrogen (secondary N) is 1. The molecule has 0 unspecified atom stereocenters. The van der Waals surface area contributed by atoms with E-state index in [1.807, 2.05) is 18.2 Å². The number of carboxylic acids is 1. The third kappa shape index (κ3) is 5.41. The normalized spacial score (nSPS) is 17.9. The number of carbonyl (C=O) groups is 1. The van der Waals surface area contributed by atoms with Gasteiger partial charge in [0.15, 0.2) is 0 Å². The molecule has 11 heteroatoms. The summed E-state index contributed by atoms with van der Waals surface area (Å²) in [5.74, 6) is 0.151.